The Morgan fingerprint density at radius 2 is 1.81 bits per heavy atom. The van der Waals surface area contributed by atoms with Crippen LogP contribution in [-0.4, -0.2) is 62.7 Å². The Bertz CT molecular complexity index is 1100. The number of carbonyl (C=O) groups is 2. The molecular weight excluding hydrogens is 466 g/mol. The Hall–Kier alpha value is -3.06. The third-order valence-electron chi connectivity index (χ3n) is 7.97. The summed E-state index contributed by atoms with van der Waals surface area (Å²) in [6, 6.07) is 15.9. The highest BCUT2D eigenvalue weighted by atomic mass is 16.5. The van der Waals surface area contributed by atoms with Gasteiger partial charge in [-0.25, -0.2) is 0 Å². The van der Waals surface area contributed by atoms with Crippen molar-refractivity contribution in [1.29, 1.82) is 0 Å². The average Bonchev–Trinajstić information content (AvgIpc) is 3.13. The van der Waals surface area contributed by atoms with Gasteiger partial charge in [0.15, 0.2) is 0 Å². The number of amides is 2. The third-order valence-corrected chi connectivity index (χ3v) is 7.97. The standard InChI is InChI=1S/C30H41N3O4/c1-21(2)27(37-24-10-8-9-23(19-24)36-5)15-18-32-16-13-22(14-17-32)33-26-12-7-6-11-25(26)30(3,29(33)35)20-28(34)31-4/h6-12,19,21-22,27H,13-18,20H2,1-5H3,(H,31,34). The monoisotopic (exact) mass is 507 g/mol. The molecule has 0 spiro atoms. The minimum absolute atomic E-state index is 0.0438. The van der Waals surface area contributed by atoms with Gasteiger partial charge in [0.25, 0.3) is 0 Å². The van der Waals surface area contributed by atoms with Crippen molar-refractivity contribution in [2.75, 3.05) is 38.7 Å². The summed E-state index contributed by atoms with van der Waals surface area (Å²) in [7, 11) is 3.29. The van der Waals surface area contributed by atoms with Crippen LogP contribution in [0.2, 0.25) is 0 Å². The van der Waals surface area contributed by atoms with Gasteiger partial charge in [-0.2, -0.15) is 0 Å². The molecule has 0 aliphatic carbocycles. The van der Waals surface area contributed by atoms with E-state index in [4.69, 9.17) is 9.47 Å². The summed E-state index contributed by atoms with van der Waals surface area (Å²) in [6.07, 6.45) is 3.05. The Kier molecular flexibility index (Phi) is 8.42. The van der Waals surface area contributed by atoms with Gasteiger partial charge in [-0.1, -0.05) is 38.1 Å². The van der Waals surface area contributed by atoms with Crippen molar-refractivity contribution in [3.63, 3.8) is 0 Å². The molecule has 2 atom stereocenters. The number of ether oxygens (including phenoxy) is 2. The number of anilines is 1. The van der Waals surface area contributed by atoms with E-state index in [2.05, 4.69) is 24.1 Å². The lowest BCUT2D eigenvalue weighted by atomic mass is 9.80. The number of likely N-dealkylation sites (tertiary alicyclic amines) is 1. The fourth-order valence-corrected chi connectivity index (χ4v) is 5.67. The summed E-state index contributed by atoms with van der Waals surface area (Å²) in [5.41, 5.74) is 1.10. The van der Waals surface area contributed by atoms with Crippen LogP contribution in [0.25, 0.3) is 0 Å². The Morgan fingerprint density at radius 3 is 2.49 bits per heavy atom. The zero-order valence-corrected chi connectivity index (χ0v) is 22.8. The summed E-state index contributed by atoms with van der Waals surface area (Å²) in [4.78, 5) is 30.5. The minimum atomic E-state index is -0.824. The molecule has 7 heteroatoms. The van der Waals surface area contributed by atoms with Crippen LogP contribution in [0.15, 0.2) is 48.5 Å². The molecule has 2 aromatic rings. The first-order valence-electron chi connectivity index (χ1n) is 13.4. The normalized spacial score (nSPS) is 21.1. The zero-order valence-electron chi connectivity index (χ0n) is 22.8. The minimum Gasteiger partial charge on any atom is -0.497 e. The molecule has 200 valence electrons. The Labute approximate surface area is 221 Å². The van der Waals surface area contributed by atoms with Crippen LogP contribution < -0.4 is 19.7 Å². The lowest BCUT2D eigenvalue weighted by molar-refractivity contribution is -0.129. The van der Waals surface area contributed by atoms with Crippen molar-refractivity contribution >= 4 is 17.5 Å². The topological polar surface area (TPSA) is 71.1 Å². The summed E-state index contributed by atoms with van der Waals surface area (Å²) in [6.45, 7) is 9.14. The molecule has 2 heterocycles. The van der Waals surface area contributed by atoms with E-state index in [-0.39, 0.29) is 30.4 Å². The SMILES string of the molecule is CNC(=O)CC1(C)C(=O)N(C2CCN(CCC(Oc3cccc(OC)c3)C(C)C)CC2)c2ccccc21. The van der Waals surface area contributed by atoms with E-state index >= 15 is 0 Å². The fraction of sp³-hybridized carbons (Fsp3) is 0.533. The molecule has 2 amide bonds. The van der Waals surface area contributed by atoms with Crippen LogP contribution in [0.3, 0.4) is 0 Å². The highest BCUT2D eigenvalue weighted by Crippen LogP contribution is 2.45. The maximum atomic E-state index is 13.7. The lowest BCUT2D eigenvalue weighted by Gasteiger charge is -2.38. The molecule has 0 bridgehead atoms. The van der Waals surface area contributed by atoms with Crippen LogP contribution >= 0.6 is 0 Å². The molecular formula is C30H41N3O4. The molecule has 7 nitrogen and oxygen atoms in total. The summed E-state index contributed by atoms with van der Waals surface area (Å²) < 4.78 is 11.7. The first kappa shape index (κ1) is 27.0. The molecule has 1 N–H and O–H groups in total. The van der Waals surface area contributed by atoms with Crippen molar-refractivity contribution in [2.24, 2.45) is 5.92 Å². The molecule has 1 saturated heterocycles. The van der Waals surface area contributed by atoms with Crippen molar-refractivity contribution in [3.05, 3.63) is 54.1 Å². The van der Waals surface area contributed by atoms with Crippen LogP contribution in [0, 0.1) is 5.92 Å². The van der Waals surface area contributed by atoms with Crippen molar-refractivity contribution < 1.29 is 19.1 Å². The number of rotatable bonds is 10. The number of fused-ring (bicyclic) bond motifs is 1. The summed E-state index contributed by atoms with van der Waals surface area (Å²) in [5.74, 6) is 1.95. The molecule has 0 saturated carbocycles. The molecule has 2 aliphatic heterocycles. The van der Waals surface area contributed by atoms with E-state index in [0.29, 0.717) is 5.92 Å². The fourth-order valence-electron chi connectivity index (χ4n) is 5.67. The number of benzene rings is 2. The van der Waals surface area contributed by atoms with Gasteiger partial charge in [0.05, 0.1) is 12.5 Å². The number of para-hydroxylation sites is 1. The van der Waals surface area contributed by atoms with Crippen LogP contribution in [0.5, 0.6) is 11.5 Å². The lowest BCUT2D eigenvalue weighted by Crippen LogP contribution is -2.50. The number of nitrogens with one attached hydrogen (secondary N) is 1. The molecule has 37 heavy (non-hydrogen) atoms. The highest BCUT2D eigenvalue weighted by molar-refractivity contribution is 6.10. The van der Waals surface area contributed by atoms with E-state index < -0.39 is 5.41 Å². The Morgan fingerprint density at radius 1 is 1.11 bits per heavy atom. The maximum absolute atomic E-state index is 13.7. The first-order chi connectivity index (χ1) is 17.8. The summed E-state index contributed by atoms with van der Waals surface area (Å²) >= 11 is 0. The van der Waals surface area contributed by atoms with Gasteiger partial charge in [-0.15, -0.1) is 0 Å². The van der Waals surface area contributed by atoms with E-state index in [0.717, 1.165) is 61.6 Å². The molecule has 2 aliphatic rings. The summed E-state index contributed by atoms with van der Waals surface area (Å²) in [5, 5.41) is 2.69. The van der Waals surface area contributed by atoms with Crippen molar-refractivity contribution in [1.82, 2.24) is 10.2 Å². The van der Waals surface area contributed by atoms with Gasteiger partial charge in [0.2, 0.25) is 11.8 Å². The number of nitrogens with zero attached hydrogens (tertiary/aromatic N) is 2. The van der Waals surface area contributed by atoms with Gasteiger partial charge >= 0.3 is 0 Å². The van der Waals surface area contributed by atoms with Gasteiger partial charge in [0.1, 0.15) is 17.6 Å². The highest BCUT2D eigenvalue weighted by Gasteiger charge is 2.50. The smallest absolute Gasteiger partial charge is 0.238 e. The van der Waals surface area contributed by atoms with Gasteiger partial charge in [0, 0.05) is 50.9 Å². The van der Waals surface area contributed by atoms with Crippen LogP contribution in [0.1, 0.15) is 52.0 Å². The molecule has 0 radical (unpaired) electrons. The largest absolute Gasteiger partial charge is 0.497 e. The number of carbonyl (C=O) groups excluding carboxylic acids is 2. The molecule has 2 unspecified atom stereocenters. The van der Waals surface area contributed by atoms with Gasteiger partial charge in [-0.3, -0.25) is 9.59 Å². The number of hydrogen-bond acceptors (Lipinski definition) is 5. The number of piperidine rings is 1. The first-order valence-corrected chi connectivity index (χ1v) is 13.4. The molecule has 1 fully saturated rings. The number of hydrogen-bond donors (Lipinski definition) is 1. The van der Waals surface area contributed by atoms with E-state index in [1.54, 1.807) is 14.2 Å². The van der Waals surface area contributed by atoms with Gasteiger partial charge < -0.3 is 24.6 Å². The quantitative estimate of drug-likeness (QED) is 0.516. The molecule has 2 aromatic carbocycles. The Balaban J connectivity index is 1.37. The second-order valence-electron chi connectivity index (χ2n) is 10.8. The second-order valence-corrected chi connectivity index (χ2v) is 10.8. The van der Waals surface area contributed by atoms with E-state index in [1.165, 1.54) is 0 Å². The second kappa shape index (κ2) is 11.5. The average molecular weight is 508 g/mol. The van der Waals surface area contributed by atoms with Crippen LogP contribution in [0.4, 0.5) is 5.69 Å². The van der Waals surface area contributed by atoms with Gasteiger partial charge in [-0.05, 0) is 55.9 Å². The third kappa shape index (κ3) is 5.77. The van der Waals surface area contributed by atoms with E-state index in [1.807, 2.05) is 60.4 Å². The zero-order chi connectivity index (χ0) is 26.6. The van der Waals surface area contributed by atoms with Crippen molar-refractivity contribution in [2.45, 2.75) is 64.0 Å². The maximum Gasteiger partial charge on any atom is 0.238 e. The predicted molar refractivity (Wildman–Crippen MR) is 146 cm³/mol. The predicted octanol–water partition coefficient (Wildman–Crippen LogP) is 4.39. The molecule has 0 aromatic heterocycles. The van der Waals surface area contributed by atoms with Crippen LogP contribution in [-0.2, 0) is 15.0 Å². The van der Waals surface area contributed by atoms with Crippen molar-refractivity contribution in [3.8, 4) is 11.5 Å². The molecule has 4 rings (SSSR count). The number of methoxy groups -OCH3 is 1. The van der Waals surface area contributed by atoms with E-state index in [9.17, 15) is 9.59 Å².